The van der Waals surface area contributed by atoms with E-state index in [1.165, 1.54) is 0 Å². The molecular formula is C13H18Br2N2O2S. The Morgan fingerprint density at radius 3 is 2.45 bits per heavy atom. The summed E-state index contributed by atoms with van der Waals surface area (Å²) in [5.74, 6) is 0. The van der Waals surface area contributed by atoms with Crippen molar-refractivity contribution < 1.29 is 8.42 Å². The topological polar surface area (TPSA) is 40.6 Å². The molecule has 4 nitrogen and oxygen atoms in total. The Hall–Kier alpha value is 0.0500. The van der Waals surface area contributed by atoms with Crippen LogP contribution in [0.15, 0.2) is 26.0 Å². The standard InChI is InChI=1S/C13H18Br2N2O2S/c1-10-8-12(15)13(9-11(10)14)20(18,19)17-5-3-4-16(2)6-7-17/h8-9H,3-7H2,1-2H3. The molecule has 1 aliphatic heterocycles. The van der Waals surface area contributed by atoms with Crippen LogP contribution in [0.1, 0.15) is 12.0 Å². The molecule has 1 fully saturated rings. The maximum Gasteiger partial charge on any atom is 0.244 e. The van der Waals surface area contributed by atoms with Crippen LogP contribution in [0.25, 0.3) is 0 Å². The smallest absolute Gasteiger partial charge is 0.244 e. The fraction of sp³-hybridized carbons (Fsp3) is 0.538. The summed E-state index contributed by atoms with van der Waals surface area (Å²) in [5.41, 5.74) is 1.01. The first-order chi connectivity index (χ1) is 9.32. The number of hydrogen-bond donors (Lipinski definition) is 0. The van der Waals surface area contributed by atoms with Crippen molar-refractivity contribution in [3.8, 4) is 0 Å². The van der Waals surface area contributed by atoms with Crippen molar-refractivity contribution >= 4 is 41.9 Å². The Kier molecular flexibility index (Phi) is 5.29. The van der Waals surface area contributed by atoms with Gasteiger partial charge in [-0.15, -0.1) is 0 Å². The quantitative estimate of drug-likeness (QED) is 0.731. The molecule has 0 N–H and O–H groups in total. The van der Waals surface area contributed by atoms with E-state index in [1.54, 1.807) is 10.4 Å². The average molecular weight is 426 g/mol. The highest BCUT2D eigenvalue weighted by Gasteiger charge is 2.28. The maximum absolute atomic E-state index is 12.8. The highest BCUT2D eigenvalue weighted by atomic mass is 79.9. The second-order valence-electron chi connectivity index (χ2n) is 5.09. The molecule has 0 spiro atoms. The van der Waals surface area contributed by atoms with Crippen molar-refractivity contribution in [1.82, 2.24) is 9.21 Å². The Balaban J connectivity index is 2.37. The van der Waals surface area contributed by atoms with Gasteiger partial charge in [-0.1, -0.05) is 15.9 Å². The van der Waals surface area contributed by atoms with Crippen LogP contribution in [0.2, 0.25) is 0 Å². The van der Waals surface area contributed by atoms with Gasteiger partial charge in [0.05, 0.1) is 4.90 Å². The van der Waals surface area contributed by atoms with Gasteiger partial charge in [0.25, 0.3) is 0 Å². The lowest BCUT2D eigenvalue weighted by Crippen LogP contribution is -2.34. The highest BCUT2D eigenvalue weighted by molar-refractivity contribution is 9.11. The molecule has 0 unspecified atom stereocenters. The zero-order valence-electron chi connectivity index (χ0n) is 11.6. The van der Waals surface area contributed by atoms with E-state index in [0.29, 0.717) is 22.5 Å². The summed E-state index contributed by atoms with van der Waals surface area (Å²) in [5, 5.41) is 0. The van der Waals surface area contributed by atoms with Crippen molar-refractivity contribution in [2.45, 2.75) is 18.2 Å². The summed E-state index contributed by atoms with van der Waals surface area (Å²) in [6, 6.07) is 3.52. The largest absolute Gasteiger partial charge is 0.305 e. The van der Waals surface area contributed by atoms with Crippen molar-refractivity contribution in [3.63, 3.8) is 0 Å². The van der Waals surface area contributed by atoms with E-state index in [1.807, 2.05) is 20.0 Å². The molecule has 20 heavy (non-hydrogen) atoms. The van der Waals surface area contributed by atoms with Gasteiger partial charge < -0.3 is 4.90 Å². The van der Waals surface area contributed by atoms with E-state index in [4.69, 9.17) is 0 Å². The van der Waals surface area contributed by atoms with Crippen LogP contribution in [0.4, 0.5) is 0 Å². The molecule has 0 aromatic heterocycles. The molecule has 2 rings (SSSR count). The van der Waals surface area contributed by atoms with Gasteiger partial charge in [-0.3, -0.25) is 0 Å². The molecular weight excluding hydrogens is 408 g/mol. The van der Waals surface area contributed by atoms with Gasteiger partial charge in [-0.2, -0.15) is 4.31 Å². The molecule has 7 heteroatoms. The molecule has 0 aliphatic carbocycles. The average Bonchev–Trinajstić information content (AvgIpc) is 2.59. The van der Waals surface area contributed by atoms with E-state index >= 15 is 0 Å². The van der Waals surface area contributed by atoms with Crippen molar-refractivity contribution in [1.29, 1.82) is 0 Å². The fourth-order valence-electron chi connectivity index (χ4n) is 2.23. The predicted molar refractivity (Wildman–Crippen MR) is 87.5 cm³/mol. The number of likely N-dealkylation sites (N-methyl/N-ethyl adjacent to an activating group) is 1. The zero-order chi connectivity index (χ0) is 14.9. The van der Waals surface area contributed by atoms with Crippen LogP contribution in [-0.2, 0) is 10.0 Å². The number of hydrogen-bond acceptors (Lipinski definition) is 3. The molecule has 1 aliphatic rings. The third kappa shape index (κ3) is 3.44. The first-order valence-corrected chi connectivity index (χ1v) is 9.49. The van der Waals surface area contributed by atoms with Crippen LogP contribution < -0.4 is 0 Å². The van der Waals surface area contributed by atoms with Crippen molar-refractivity contribution in [3.05, 3.63) is 26.6 Å². The van der Waals surface area contributed by atoms with E-state index in [2.05, 4.69) is 36.8 Å². The molecule has 0 amide bonds. The van der Waals surface area contributed by atoms with Crippen LogP contribution >= 0.6 is 31.9 Å². The Morgan fingerprint density at radius 1 is 1.05 bits per heavy atom. The first-order valence-electron chi connectivity index (χ1n) is 6.46. The Morgan fingerprint density at radius 2 is 1.75 bits per heavy atom. The number of sulfonamides is 1. The van der Waals surface area contributed by atoms with Gasteiger partial charge in [0.2, 0.25) is 10.0 Å². The minimum Gasteiger partial charge on any atom is -0.305 e. The third-order valence-corrected chi connectivity index (χ3v) is 7.22. The molecule has 0 atom stereocenters. The monoisotopic (exact) mass is 424 g/mol. The Bertz CT molecular complexity index is 605. The van der Waals surface area contributed by atoms with Crippen molar-refractivity contribution in [2.24, 2.45) is 0 Å². The van der Waals surface area contributed by atoms with Gasteiger partial charge in [-0.25, -0.2) is 8.42 Å². The molecule has 1 heterocycles. The summed E-state index contributed by atoms with van der Waals surface area (Å²) >= 11 is 6.79. The van der Waals surface area contributed by atoms with Gasteiger partial charge in [0.15, 0.2) is 0 Å². The first kappa shape index (κ1) is 16.4. The SMILES string of the molecule is Cc1cc(Br)c(S(=O)(=O)N2CCCN(C)CC2)cc1Br. The summed E-state index contributed by atoms with van der Waals surface area (Å²) in [4.78, 5) is 2.50. The van der Waals surface area contributed by atoms with Gasteiger partial charge >= 0.3 is 0 Å². The zero-order valence-corrected chi connectivity index (χ0v) is 15.6. The summed E-state index contributed by atoms with van der Waals surface area (Å²) < 4.78 is 28.6. The maximum atomic E-state index is 12.8. The molecule has 1 saturated heterocycles. The van der Waals surface area contributed by atoms with Crippen LogP contribution in [0, 0.1) is 6.92 Å². The van der Waals surface area contributed by atoms with Crippen LogP contribution in [-0.4, -0.2) is 50.8 Å². The molecule has 1 aromatic rings. The van der Waals surface area contributed by atoms with E-state index in [0.717, 1.165) is 29.5 Å². The predicted octanol–water partition coefficient (Wildman–Crippen LogP) is 2.85. The molecule has 112 valence electrons. The normalized spacial score (nSPS) is 19.0. The van der Waals surface area contributed by atoms with Crippen LogP contribution in [0.5, 0.6) is 0 Å². The molecule has 1 aromatic carbocycles. The minimum atomic E-state index is -3.45. The number of nitrogens with zero attached hydrogens (tertiary/aromatic N) is 2. The fourth-order valence-corrected chi connectivity index (χ4v) is 5.34. The second kappa shape index (κ2) is 6.44. The van der Waals surface area contributed by atoms with E-state index < -0.39 is 10.0 Å². The number of benzene rings is 1. The van der Waals surface area contributed by atoms with Gasteiger partial charge in [0.1, 0.15) is 0 Å². The molecule has 0 saturated carbocycles. The lowest BCUT2D eigenvalue weighted by molar-refractivity contribution is 0.347. The molecule has 0 bridgehead atoms. The summed E-state index contributed by atoms with van der Waals surface area (Å²) in [6.07, 6.45) is 0.861. The lowest BCUT2D eigenvalue weighted by Gasteiger charge is -2.21. The number of halogens is 2. The van der Waals surface area contributed by atoms with Gasteiger partial charge in [-0.05, 0) is 60.6 Å². The number of rotatable bonds is 2. The second-order valence-corrected chi connectivity index (χ2v) is 8.71. The third-order valence-electron chi connectivity index (χ3n) is 3.51. The highest BCUT2D eigenvalue weighted by Crippen LogP contribution is 2.31. The summed E-state index contributed by atoms with van der Waals surface area (Å²) in [6.45, 7) is 4.75. The van der Waals surface area contributed by atoms with Crippen molar-refractivity contribution in [2.75, 3.05) is 33.2 Å². The van der Waals surface area contributed by atoms with E-state index in [-0.39, 0.29) is 0 Å². The lowest BCUT2D eigenvalue weighted by atomic mass is 10.2. The van der Waals surface area contributed by atoms with Crippen LogP contribution in [0.3, 0.4) is 0 Å². The minimum absolute atomic E-state index is 0.333. The Labute approximate surface area is 137 Å². The van der Waals surface area contributed by atoms with E-state index in [9.17, 15) is 8.42 Å². The summed E-state index contributed by atoms with van der Waals surface area (Å²) in [7, 11) is -1.43. The number of aryl methyl sites for hydroxylation is 1. The molecule has 0 radical (unpaired) electrons. The van der Waals surface area contributed by atoms with Gasteiger partial charge in [0, 0.05) is 28.6 Å².